The monoisotopic (exact) mass is 399 g/mol. The lowest BCUT2D eigenvalue weighted by atomic mass is 9.98. The molecule has 0 aliphatic carbocycles. The number of amides is 2. The van der Waals surface area contributed by atoms with Crippen LogP contribution in [0.1, 0.15) is 35.3 Å². The Morgan fingerprint density at radius 1 is 1.14 bits per heavy atom. The zero-order valence-corrected chi connectivity index (χ0v) is 17.4. The van der Waals surface area contributed by atoms with Crippen molar-refractivity contribution in [2.24, 2.45) is 0 Å². The highest BCUT2D eigenvalue weighted by atomic mass is 35.5. The lowest BCUT2D eigenvalue weighted by molar-refractivity contribution is 0.208. The van der Waals surface area contributed by atoms with Gasteiger partial charge in [-0.25, -0.2) is 9.18 Å². The van der Waals surface area contributed by atoms with E-state index in [1.165, 1.54) is 6.07 Å². The number of fused-ring (bicyclic) bond motifs is 1. The summed E-state index contributed by atoms with van der Waals surface area (Å²) < 4.78 is 14.2. The van der Waals surface area contributed by atoms with E-state index in [2.05, 4.69) is 10.3 Å². The fourth-order valence-electron chi connectivity index (χ4n) is 3.12. The minimum absolute atomic E-state index is 0.270. The molecule has 1 unspecified atom stereocenters. The summed E-state index contributed by atoms with van der Waals surface area (Å²) in [5, 5.41) is 5.10. The summed E-state index contributed by atoms with van der Waals surface area (Å²) in [7, 11) is 1.70. The maximum Gasteiger partial charge on any atom is 0.322 e. The Kier molecular flexibility index (Phi) is 5.57. The molecule has 0 saturated heterocycles. The predicted octanol–water partition coefficient (Wildman–Crippen LogP) is 6.18. The molecule has 0 aliphatic rings. The van der Waals surface area contributed by atoms with Crippen LogP contribution >= 0.6 is 11.6 Å². The molecule has 0 radical (unpaired) electrons. The summed E-state index contributed by atoms with van der Waals surface area (Å²) >= 11 is 6.13. The van der Waals surface area contributed by atoms with Crippen molar-refractivity contribution in [2.75, 3.05) is 12.4 Å². The molecule has 146 valence electrons. The predicted molar refractivity (Wildman–Crippen MR) is 113 cm³/mol. The van der Waals surface area contributed by atoms with Gasteiger partial charge < -0.3 is 10.2 Å². The normalized spacial score (nSPS) is 12.1. The third-order valence-electron chi connectivity index (χ3n) is 5.17. The van der Waals surface area contributed by atoms with Crippen molar-refractivity contribution in [3.63, 3.8) is 0 Å². The van der Waals surface area contributed by atoms with Gasteiger partial charge in [0.05, 0.1) is 6.04 Å². The van der Waals surface area contributed by atoms with Crippen LogP contribution in [0.3, 0.4) is 0 Å². The van der Waals surface area contributed by atoms with Gasteiger partial charge in [-0.15, -0.1) is 0 Å². The molecule has 0 spiro atoms. The van der Waals surface area contributed by atoms with Crippen LogP contribution < -0.4 is 5.32 Å². The first-order chi connectivity index (χ1) is 13.2. The third kappa shape index (κ3) is 3.80. The van der Waals surface area contributed by atoms with Gasteiger partial charge >= 0.3 is 6.03 Å². The van der Waals surface area contributed by atoms with Crippen LogP contribution in [0.4, 0.5) is 14.9 Å². The fourth-order valence-corrected chi connectivity index (χ4v) is 3.31. The number of urea groups is 1. The van der Waals surface area contributed by atoms with Gasteiger partial charge in [-0.2, -0.15) is 0 Å². The van der Waals surface area contributed by atoms with E-state index in [0.717, 1.165) is 27.6 Å². The molecule has 1 heterocycles. The van der Waals surface area contributed by atoms with Crippen LogP contribution in [0.2, 0.25) is 5.02 Å². The largest absolute Gasteiger partial charge is 0.322 e. The summed E-state index contributed by atoms with van der Waals surface area (Å²) in [4.78, 5) is 18.7. The molecule has 3 rings (SSSR count). The van der Waals surface area contributed by atoms with Crippen LogP contribution in [0, 0.1) is 26.6 Å². The second-order valence-electron chi connectivity index (χ2n) is 7.13. The third-order valence-corrected chi connectivity index (χ3v) is 5.58. The molecule has 3 aromatic rings. The number of halogens is 2. The van der Waals surface area contributed by atoms with Gasteiger partial charge in [0, 0.05) is 40.6 Å². The van der Waals surface area contributed by atoms with Crippen molar-refractivity contribution < 1.29 is 9.18 Å². The number of nitrogens with zero attached hydrogens (tertiary/aromatic N) is 2. The number of aryl methyl sites for hydroxylation is 3. The summed E-state index contributed by atoms with van der Waals surface area (Å²) in [6.07, 6.45) is 1.71. The van der Waals surface area contributed by atoms with E-state index in [0.29, 0.717) is 16.3 Å². The molecule has 4 nitrogen and oxygen atoms in total. The molecule has 1 atom stereocenters. The van der Waals surface area contributed by atoms with Gasteiger partial charge in [0.15, 0.2) is 0 Å². The smallest absolute Gasteiger partial charge is 0.321 e. The molecule has 0 saturated carbocycles. The highest BCUT2D eigenvalue weighted by Crippen LogP contribution is 2.30. The topological polar surface area (TPSA) is 45.2 Å². The number of hydrogen-bond acceptors (Lipinski definition) is 2. The van der Waals surface area contributed by atoms with E-state index < -0.39 is 0 Å². The van der Waals surface area contributed by atoms with Crippen molar-refractivity contribution in [1.82, 2.24) is 9.88 Å². The maximum absolute atomic E-state index is 14.2. The van der Waals surface area contributed by atoms with Crippen LogP contribution in [0.5, 0.6) is 0 Å². The fraction of sp³-hybridized carbons (Fsp3) is 0.273. The highest BCUT2D eigenvalue weighted by Gasteiger charge is 2.21. The number of rotatable bonds is 3. The van der Waals surface area contributed by atoms with Crippen molar-refractivity contribution in [1.29, 1.82) is 0 Å². The first-order valence-electron chi connectivity index (χ1n) is 9.04. The molecule has 0 bridgehead atoms. The van der Waals surface area contributed by atoms with Crippen molar-refractivity contribution in [3.05, 3.63) is 69.8 Å². The highest BCUT2D eigenvalue weighted by molar-refractivity contribution is 6.31. The summed E-state index contributed by atoms with van der Waals surface area (Å²) in [6.45, 7) is 7.42. The molecule has 28 heavy (non-hydrogen) atoms. The van der Waals surface area contributed by atoms with E-state index in [1.807, 2.05) is 26.8 Å². The Bertz CT molecular complexity index is 1070. The molecule has 2 amide bonds. The zero-order valence-electron chi connectivity index (χ0n) is 16.6. The molecule has 1 aromatic heterocycles. The van der Waals surface area contributed by atoms with Crippen molar-refractivity contribution in [2.45, 2.75) is 33.7 Å². The molecule has 1 N–H and O–H groups in total. The number of anilines is 1. The Labute approximate surface area is 169 Å². The van der Waals surface area contributed by atoms with Crippen molar-refractivity contribution >= 4 is 34.1 Å². The molecular formula is C22H23ClFN3O. The number of carbonyl (C=O) groups is 1. The van der Waals surface area contributed by atoms with Crippen molar-refractivity contribution in [3.8, 4) is 0 Å². The van der Waals surface area contributed by atoms with Gasteiger partial charge in [0.1, 0.15) is 5.82 Å². The SMILES string of the molecule is Cc1cc2c(C)ncc(C(C)N(C)C(=O)Nc3ccc(C)c(Cl)c3)c2cc1F. The number of benzene rings is 2. The summed E-state index contributed by atoms with van der Waals surface area (Å²) in [5.74, 6) is -0.270. The average Bonchev–Trinajstić information content (AvgIpc) is 2.65. The lowest BCUT2D eigenvalue weighted by Gasteiger charge is -2.27. The second-order valence-corrected chi connectivity index (χ2v) is 7.53. The maximum atomic E-state index is 14.2. The quantitative estimate of drug-likeness (QED) is 0.571. The van der Waals surface area contributed by atoms with Crippen LogP contribution in [0.25, 0.3) is 10.8 Å². The summed E-state index contributed by atoms with van der Waals surface area (Å²) in [5.41, 5.74) is 3.75. The van der Waals surface area contributed by atoms with E-state index >= 15 is 0 Å². The number of nitrogens with one attached hydrogen (secondary N) is 1. The minimum atomic E-state index is -0.307. The van der Waals surface area contributed by atoms with E-state index in [9.17, 15) is 9.18 Å². The van der Waals surface area contributed by atoms with E-state index in [1.54, 1.807) is 43.3 Å². The molecule has 0 aliphatic heterocycles. The first-order valence-corrected chi connectivity index (χ1v) is 9.42. The number of aromatic nitrogens is 1. The Morgan fingerprint density at radius 2 is 1.86 bits per heavy atom. The summed E-state index contributed by atoms with van der Waals surface area (Å²) in [6, 6.07) is 8.11. The molecular weight excluding hydrogens is 377 g/mol. The average molecular weight is 400 g/mol. The number of hydrogen-bond donors (Lipinski definition) is 1. The second kappa shape index (κ2) is 7.76. The van der Waals surface area contributed by atoms with Gasteiger partial charge in [0.2, 0.25) is 0 Å². The minimum Gasteiger partial charge on any atom is -0.321 e. The van der Waals surface area contributed by atoms with E-state index in [4.69, 9.17) is 11.6 Å². The Morgan fingerprint density at radius 3 is 2.54 bits per heavy atom. The first kappa shape index (κ1) is 20.1. The van der Waals surface area contributed by atoms with Crippen LogP contribution in [-0.4, -0.2) is 23.0 Å². The lowest BCUT2D eigenvalue weighted by Crippen LogP contribution is -2.33. The van der Waals surface area contributed by atoms with Crippen LogP contribution in [0.15, 0.2) is 36.5 Å². The molecule has 0 fully saturated rings. The standard InChI is InChI=1S/C22H23ClFN3O/c1-12-6-7-16(9-20(12)23)26-22(28)27(5)15(4)19-11-25-14(3)17-8-13(2)21(24)10-18(17)19/h6-11,15H,1-5H3,(H,26,28). The molecule has 2 aromatic carbocycles. The van der Waals surface area contributed by atoms with Gasteiger partial charge in [-0.05, 0) is 68.5 Å². The van der Waals surface area contributed by atoms with E-state index in [-0.39, 0.29) is 17.9 Å². The van der Waals surface area contributed by atoms with Gasteiger partial charge in [-0.1, -0.05) is 17.7 Å². The number of carbonyl (C=O) groups excluding carboxylic acids is 1. The van der Waals surface area contributed by atoms with Gasteiger partial charge in [-0.3, -0.25) is 4.98 Å². The number of pyridine rings is 1. The zero-order chi connectivity index (χ0) is 20.6. The Hall–Kier alpha value is -2.66. The molecule has 6 heteroatoms. The van der Waals surface area contributed by atoms with Gasteiger partial charge in [0.25, 0.3) is 0 Å². The van der Waals surface area contributed by atoms with Crippen LogP contribution in [-0.2, 0) is 0 Å². The Balaban J connectivity index is 1.91.